The molecule has 8 heavy (non-hydrogen) atoms. The van der Waals surface area contributed by atoms with Gasteiger partial charge in [0.25, 0.3) is 0 Å². The van der Waals surface area contributed by atoms with Crippen LogP contribution in [0.5, 0.6) is 0 Å². The van der Waals surface area contributed by atoms with Crippen LogP contribution in [0.4, 0.5) is 0 Å². The molecule has 0 fully saturated rings. The molecule has 0 unspecified atom stereocenters. The Bertz CT molecular complexity index is 117. The Labute approximate surface area is 68.0 Å². The molecule has 0 aromatic heterocycles. The highest BCUT2D eigenvalue weighted by atomic mass is 79.9. The molecule has 46 valence electrons. The fraction of sp³-hybridized carbons (Fsp3) is 0. The Hall–Kier alpha value is 0.430. The van der Waals surface area contributed by atoms with Gasteiger partial charge in [0.05, 0.1) is 6.20 Å². The lowest BCUT2D eigenvalue weighted by molar-refractivity contribution is -0.496. The summed E-state index contributed by atoms with van der Waals surface area (Å²) in [6.45, 7) is 0. The van der Waals surface area contributed by atoms with Crippen molar-refractivity contribution in [1.82, 2.24) is 0 Å². The second kappa shape index (κ2) is 2.82. The van der Waals surface area contributed by atoms with E-state index in [1.807, 2.05) is 0 Å². The van der Waals surface area contributed by atoms with Crippen LogP contribution in [-0.4, -0.2) is 9.86 Å². The van der Waals surface area contributed by atoms with E-state index in [1.54, 1.807) is 12.4 Å². The fourth-order valence-electron chi connectivity index (χ4n) is 0.293. The normalized spacial score (nSPS) is 20.8. The van der Waals surface area contributed by atoms with E-state index in [4.69, 9.17) is 23.6 Å². The average Bonchev–Trinajstić information content (AvgIpc) is 1.84. The van der Waals surface area contributed by atoms with Crippen molar-refractivity contribution in [3.8, 4) is 0 Å². The van der Waals surface area contributed by atoms with E-state index in [1.165, 1.54) is 6.34 Å². The molecular weight excluding hydrogens is 215 g/mol. The number of halogens is 3. The molecule has 0 N–H and O–H groups in total. The largest absolute Gasteiger partial charge is 1.00 e. The number of hydrogen-bond acceptors (Lipinski definition) is 1. The first kappa shape index (κ1) is 8.43. The van der Waals surface area contributed by atoms with Gasteiger partial charge in [0, 0.05) is 0 Å². The first-order valence-electron chi connectivity index (χ1n) is 1.70. The Balaban J connectivity index is 0.000000490. The minimum absolute atomic E-state index is 0. The van der Waals surface area contributed by atoms with Crippen LogP contribution in [-0.2, 0) is 0 Å². The van der Waals surface area contributed by atoms with Crippen LogP contribution < -0.4 is 17.0 Å². The van der Waals surface area contributed by atoms with Gasteiger partial charge in [-0.3, -0.25) is 0 Å². The van der Waals surface area contributed by atoms with Crippen LogP contribution >= 0.6 is 23.6 Å². The molecule has 5 heteroatoms. The molecule has 1 rings (SSSR count). The molecule has 0 aliphatic carbocycles. The molecule has 1 heterocycles. The molecule has 0 saturated heterocycles. The highest BCUT2D eigenvalue weighted by molar-refractivity contribution is 6.28. The number of nitrogens with zero attached hydrogens (tertiary/aromatic N) is 2. The van der Waals surface area contributed by atoms with Gasteiger partial charge in [-0.05, 0) is 0 Å². The van der Waals surface area contributed by atoms with E-state index in [9.17, 15) is 0 Å². The third-order valence-corrected chi connectivity index (χ3v) is 0.972. The Kier molecular flexibility index (Phi) is 2.98. The van der Waals surface area contributed by atoms with Crippen molar-refractivity contribution >= 4 is 29.9 Å². The predicted octanol–water partition coefficient (Wildman–Crippen LogP) is -1.37. The molecular formula is C3H3BrCl2N2. The van der Waals surface area contributed by atoms with Crippen molar-refractivity contribution in [2.45, 2.75) is 0 Å². The topological polar surface area (TPSA) is 12.4 Å². The lowest BCUT2D eigenvalue weighted by Gasteiger charge is -1.97. The third-order valence-electron chi connectivity index (χ3n) is 0.572. The Morgan fingerprint density at radius 1 is 1.38 bits per heavy atom. The molecule has 1 aliphatic heterocycles. The standard InChI is InChI=1S/C3H3Cl2N2.BrH/c4-7(5)2-1-6-3-7;/h1-3H;1H/q+1;/p-1. The van der Waals surface area contributed by atoms with Gasteiger partial charge in [-0.1, -0.05) is 3.52 Å². The smallest absolute Gasteiger partial charge is 0.231 e. The number of hydrogen-bond donors (Lipinski definition) is 0. The molecule has 0 saturated carbocycles. The van der Waals surface area contributed by atoms with E-state index in [2.05, 4.69) is 4.99 Å². The molecule has 1 aliphatic rings. The second-order valence-corrected chi connectivity index (χ2v) is 2.46. The Morgan fingerprint density at radius 2 is 2.00 bits per heavy atom. The van der Waals surface area contributed by atoms with Gasteiger partial charge in [0.1, 0.15) is 0 Å². The molecule has 0 aromatic carbocycles. The van der Waals surface area contributed by atoms with Crippen LogP contribution in [0.1, 0.15) is 0 Å². The predicted molar refractivity (Wildman–Crippen MR) is 29.6 cm³/mol. The summed E-state index contributed by atoms with van der Waals surface area (Å²) in [5, 5.41) is 0. The van der Waals surface area contributed by atoms with Crippen molar-refractivity contribution in [2.75, 3.05) is 0 Å². The van der Waals surface area contributed by atoms with E-state index in [0.29, 0.717) is 0 Å². The fourth-order valence-corrected chi connectivity index (χ4v) is 0.495. The summed E-state index contributed by atoms with van der Waals surface area (Å²) >= 11 is 10.9. The van der Waals surface area contributed by atoms with Gasteiger partial charge in [0.15, 0.2) is 29.8 Å². The maximum Gasteiger partial charge on any atom is 0.231 e. The Morgan fingerprint density at radius 3 is 2.12 bits per heavy atom. The van der Waals surface area contributed by atoms with Gasteiger partial charge in [-0.15, -0.1) is 0 Å². The second-order valence-electron chi connectivity index (χ2n) is 1.17. The summed E-state index contributed by atoms with van der Waals surface area (Å²) in [6, 6.07) is 0. The highest BCUT2D eigenvalue weighted by Gasteiger charge is 2.20. The van der Waals surface area contributed by atoms with Crippen LogP contribution in [0.15, 0.2) is 17.4 Å². The first-order valence-corrected chi connectivity index (χ1v) is 2.38. The third kappa shape index (κ3) is 2.13. The summed E-state index contributed by atoms with van der Waals surface area (Å²) < 4.78 is -0.278. The van der Waals surface area contributed by atoms with Crippen LogP contribution in [0.3, 0.4) is 0 Å². The van der Waals surface area contributed by atoms with Crippen LogP contribution in [0.25, 0.3) is 0 Å². The van der Waals surface area contributed by atoms with Gasteiger partial charge in [-0.25, -0.2) is 4.99 Å². The molecule has 0 radical (unpaired) electrons. The summed E-state index contributed by atoms with van der Waals surface area (Å²) in [5.74, 6) is 0. The SMILES string of the molecule is Cl[N+]1(Cl)C=CN=C1.[Br-]. The van der Waals surface area contributed by atoms with E-state index >= 15 is 0 Å². The lowest BCUT2D eigenvalue weighted by atomic mass is 11.0. The van der Waals surface area contributed by atoms with Gasteiger partial charge in [0.2, 0.25) is 6.34 Å². The average molecular weight is 218 g/mol. The minimum Gasteiger partial charge on any atom is -1.00 e. The van der Waals surface area contributed by atoms with Crippen molar-refractivity contribution in [3.63, 3.8) is 0 Å². The molecule has 0 atom stereocenters. The van der Waals surface area contributed by atoms with Gasteiger partial charge < -0.3 is 17.0 Å². The first-order chi connectivity index (χ1) is 3.21. The molecule has 0 aromatic rings. The molecule has 0 amide bonds. The van der Waals surface area contributed by atoms with E-state index < -0.39 is 0 Å². The molecule has 0 bridgehead atoms. The number of quaternary nitrogens is 1. The highest BCUT2D eigenvalue weighted by Crippen LogP contribution is 2.18. The van der Waals surface area contributed by atoms with Gasteiger partial charge >= 0.3 is 0 Å². The number of rotatable bonds is 0. The van der Waals surface area contributed by atoms with E-state index in [-0.39, 0.29) is 20.5 Å². The lowest BCUT2D eigenvalue weighted by Crippen LogP contribution is -3.00. The summed E-state index contributed by atoms with van der Waals surface area (Å²) in [7, 11) is 0. The summed E-state index contributed by atoms with van der Waals surface area (Å²) in [6.07, 6.45) is 4.49. The number of aliphatic imine (C=N–C) groups is 1. The maximum absolute atomic E-state index is 5.43. The van der Waals surface area contributed by atoms with Crippen molar-refractivity contribution < 1.29 is 20.5 Å². The zero-order chi connectivity index (χ0) is 5.33. The zero-order valence-corrected chi connectivity index (χ0v) is 6.86. The van der Waals surface area contributed by atoms with Crippen LogP contribution in [0, 0.1) is 0 Å². The molecule has 2 nitrogen and oxygen atoms in total. The van der Waals surface area contributed by atoms with Crippen molar-refractivity contribution in [3.05, 3.63) is 12.4 Å². The summed E-state index contributed by atoms with van der Waals surface area (Å²) in [5.41, 5.74) is 0. The zero-order valence-electron chi connectivity index (χ0n) is 3.76. The van der Waals surface area contributed by atoms with Crippen molar-refractivity contribution in [1.29, 1.82) is 0 Å². The van der Waals surface area contributed by atoms with E-state index in [0.717, 1.165) is 0 Å². The maximum atomic E-state index is 5.43. The monoisotopic (exact) mass is 216 g/mol. The van der Waals surface area contributed by atoms with Crippen molar-refractivity contribution in [2.24, 2.45) is 4.99 Å². The quantitative estimate of drug-likeness (QED) is 0.444. The van der Waals surface area contributed by atoms with Gasteiger partial charge in [-0.2, -0.15) is 0 Å². The van der Waals surface area contributed by atoms with Crippen LogP contribution in [0.2, 0.25) is 0 Å². The summed E-state index contributed by atoms with van der Waals surface area (Å²) in [4.78, 5) is 3.64. The minimum atomic E-state index is -0.278. The molecule has 0 spiro atoms.